The van der Waals surface area contributed by atoms with Crippen LogP contribution in [0, 0.1) is 0 Å². The third-order valence-electron chi connectivity index (χ3n) is 15.0. The molecule has 68 heavy (non-hydrogen) atoms. The van der Waals surface area contributed by atoms with E-state index in [9.17, 15) is 25.2 Å². The molecule has 0 spiro atoms. The molecule has 1 amide bonds. The van der Waals surface area contributed by atoms with Gasteiger partial charge in [0.15, 0.2) is 0 Å². The van der Waals surface area contributed by atoms with Crippen molar-refractivity contribution in [1.29, 1.82) is 0 Å². The quantitative estimate of drug-likeness (QED) is 0.0308. The molecule has 0 aliphatic heterocycles. The highest BCUT2D eigenvalue weighted by atomic mass is 16.3. The summed E-state index contributed by atoms with van der Waals surface area (Å²) in [5.41, 5.74) is 0. The standard InChI is InChI=1S/C62H123NO5/c1-3-5-7-9-11-13-15-17-19-21-23-25-26-27-28-29-30-31-32-33-34-35-36-38-40-42-44-46-48-50-52-54-56-60(66)62(68)63-58(57-64)61(67)59(65)55-53-51-49-47-45-43-41-39-37-24-22-20-18-16-14-12-10-8-6-4-2/h27-28,58-61,64-67H,3-26,29-57H2,1-2H3,(H,63,68)/b28-27-. The minimum atomic E-state index is -1.26. The van der Waals surface area contributed by atoms with E-state index in [-0.39, 0.29) is 0 Å². The van der Waals surface area contributed by atoms with Crippen LogP contribution in [-0.4, -0.2) is 57.3 Å². The zero-order chi connectivity index (χ0) is 49.5. The van der Waals surface area contributed by atoms with E-state index in [1.807, 2.05) is 0 Å². The highest BCUT2D eigenvalue weighted by Crippen LogP contribution is 2.19. The third-order valence-corrected chi connectivity index (χ3v) is 15.0. The molecule has 6 heteroatoms. The molecule has 0 bridgehead atoms. The predicted octanol–water partition coefficient (Wildman–Crippen LogP) is 18.4. The van der Waals surface area contributed by atoms with Crippen molar-refractivity contribution in [3.63, 3.8) is 0 Å². The fourth-order valence-corrected chi connectivity index (χ4v) is 10.1. The summed E-state index contributed by atoms with van der Waals surface area (Å²) in [7, 11) is 0. The lowest BCUT2D eigenvalue weighted by atomic mass is 9.99. The van der Waals surface area contributed by atoms with Gasteiger partial charge in [0, 0.05) is 0 Å². The maximum atomic E-state index is 12.6. The van der Waals surface area contributed by atoms with Crippen molar-refractivity contribution in [3.05, 3.63) is 12.2 Å². The van der Waals surface area contributed by atoms with Crippen LogP contribution in [0.4, 0.5) is 0 Å². The topological polar surface area (TPSA) is 110 Å². The Bertz CT molecular complexity index is 990. The molecule has 0 heterocycles. The Hall–Kier alpha value is -0.950. The first kappa shape index (κ1) is 67.0. The van der Waals surface area contributed by atoms with E-state index in [2.05, 4.69) is 31.3 Å². The monoisotopic (exact) mass is 962 g/mol. The van der Waals surface area contributed by atoms with Gasteiger partial charge in [-0.2, -0.15) is 0 Å². The first-order chi connectivity index (χ1) is 33.5. The van der Waals surface area contributed by atoms with Crippen molar-refractivity contribution in [2.24, 2.45) is 0 Å². The Kier molecular flexibility index (Phi) is 56.2. The average Bonchev–Trinajstić information content (AvgIpc) is 3.34. The lowest BCUT2D eigenvalue weighted by Gasteiger charge is -2.27. The molecular weight excluding hydrogens is 839 g/mol. The second-order valence-corrected chi connectivity index (χ2v) is 21.8. The minimum absolute atomic E-state index is 0.374. The largest absolute Gasteiger partial charge is 0.394 e. The molecule has 4 unspecified atom stereocenters. The summed E-state index contributed by atoms with van der Waals surface area (Å²) < 4.78 is 0. The predicted molar refractivity (Wildman–Crippen MR) is 298 cm³/mol. The second kappa shape index (κ2) is 57.0. The number of aliphatic hydroxyl groups excluding tert-OH is 4. The van der Waals surface area contributed by atoms with Gasteiger partial charge in [-0.3, -0.25) is 4.79 Å². The molecule has 0 radical (unpaired) electrons. The van der Waals surface area contributed by atoms with Gasteiger partial charge in [0.05, 0.1) is 18.8 Å². The average molecular weight is 963 g/mol. The van der Waals surface area contributed by atoms with Crippen molar-refractivity contribution in [1.82, 2.24) is 5.32 Å². The second-order valence-electron chi connectivity index (χ2n) is 21.8. The SMILES string of the molecule is CCCCCCCCCCCCCC/C=C\CCCCCCCCCCCCCCCCCCC(O)C(=O)NC(CO)C(O)C(O)CCCCCCCCCCCCCCCCCCCCCC. The minimum Gasteiger partial charge on any atom is -0.394 e. The molecule has 0 saturated heterocycles. The molecule has 0 aliphatic rings. The van der Waals surface area contributed by atoms with Gasteiger partial charge < -0.3 is 25.7 Å². The smallest absolute Gasteiger partial charge is 0.249 e. The zero-order valence-corrected chi connectivity index (χ0v) is 46.1. The summed E-state index contributed by atoms with van der Waals surface area (Å²) >= 11 is 0. The highest BCUT2D eigenvalue weighted by Gasteiger charge is 2.28. The summed E-state index contributed by atoms with van der Waals surface area (Å²) in [5.74, 6) is -0.576. The Balaban J connectivity index is 3.55. The van der Waals surface area contributed by atoms with E-state index in [4.69, 9.17) is 0 Å². The number of hydrogen-bond donors (Lipinski definition) is 5. The zero-order valence-electron chi connectivity index (χ0n) is 46.1. The number of hydrogen-bond acceptors (Lipinski definition) is 5. The van der Waals surface area contributed by atoms with E-state index < -0.39 is 36.9 Å². The molecule has 0 saturated carbocycles. The normalized spacial score (nSPS) is 13.7. The number of carbonyl (C=O) groups is 1. The fraction of sp³-hybridized carbons (Fsp3) is 0.952. The molecule has 0 rings (SSSR count). The molecule has 0 aliphatic carbocycles. The van der Waals surface area contributed by atoms with Crippen molar-refractivity contribution in [2.45, 2.75) is 372 Å². The van der Waals surface area contributed by atoms with Crippen LogP contribution in [0.5, 0.6) is 0 Å². The Morgan fingerprint density at radius 3 is 0.853 bits per heavy atom. The lowest BCUT2D eigenvalue weighted by Crippen LogP contribution is -2.53. The third kappa shape index (κ3) is 50.0. The van der Waals surface area contributed by atoms with Gasteiger partial charge in [-0.15, -0.1) is 0 Å². The van der Waals surface area contributed by atoms with Crippen LogP contribution in [0.25, 0.3) is 0 Å². The number of carbonyl (C=O) groups excluding carboxylic acids is 1. The van der Waals surface area contributed by atoms with E-state index in [1.165, 1.54) is 283 Å². The fourth-order valence-electron chi connectivity index (χ4n) is 10.1. The van der Waals surface area contributed by atoms with Gasteiger partial charge in [0.1, 0.15) is 12.2 Å². The van der Waals surface area contributed by atoms with E-state index in [1.54, 1.807) is 0 Å². The number of allylic oxidation sites excluding steroid dienone is 2. The van der Waals surface area contributed by atoms with E-state index >= 15 is 0 Å². The van der Waals surface area contributed by atoms with Gasteiger partial charge in [0.25, 0.3) is 0 Å². The molecular formula is C62H123NO5. The van der Waals surface area contributed by atoms with Crippen LogP contribution in [0.1, 0.15) is 348 Å². The van der Waals surface area contributed by atoms with Gasteiger partial charge in [-0.1, -0.05) is 321 Å². The molecule has 0 fully saturated rings. The molecule has 6 nitrogen and oxygen atoms in total. The first-order valence-corrected chi connectivity index (χ1v) is 31.1. The van der Waals surface area contributed by atoms with Crippen LogP contribution in [-0.2, 0) is 4.79 Å². The number of rotatable bonds is 58. The number of nitrogens with one attached hydrogen (secondary N) is 1. The van der Waals surface area contributed by atoms with Gasteiger partial charge in [-0.25, -0.2) is 0 Å². The molecule has 0 aromatic rings. The molecule has 406 valence electrons. The summed E-state index contributed by atoms with van der Waals surface area (Å²) in [6, 6.07) is -0.983. The van der Waals surface area contributed by atoms with Gasteiger partial charge >= 0.3 is 0 Å². The summed E-state index contributed by atoms with van der Waals surface area (Å²) in [6.45, 7) is 4.10. The van der Waals surface area contributed by atoms with Crippen LogP contribution >= 0.6 is 0 Å². The Morgan fingerprint density at radius 2 is 0.588 bits per heavy atom. The van der Waals surface area contributed by atoms with E-state index in [0.29, 0.717) is 12.8 Å². The highest BCUT2D eigenvalue weighted by molar-refractivity contribution is 5.80. The van der Waals surface area contributed by atoms with Gasteiger partial charge in [-0.05, 0) is 38.5 Å². The first-order valence-electron chi connectivity index (χ1n) is 31.1. The van der Waals surface area contributed by atoms with Crippen molar-refractivity contribution >= 4 is 5.91 Å². The van der Waals surface area contributed by atoms with Crippen LogP contribution in [0.3, 0.4) is 0 Å². The van der Waals surface area contributed by atoms with E-state index in [0.717, 1.165) is 38.5 Å². The van der Waals surface area contributed by atoms with Gasteiger partial charge in [0.2, 0.25) is 5.91 Å². The van der Waals surface area contributed by atoms with Crippen molar-refractivity contribution in [2.75, 3.05) is 6.61 Å². The Labute approximate surface area is 425 Å². The summed E-state index contributed by atoms with van der Waals surface area (Å²) in [6.07, 6.45) is 68.7. The number of amides is 1. The maximum absolute atomic E-state index is 12.6. The molecule has 0 aromatic carbocycles. The molecule has 0 aromatic heterocycles. The van der Waals surface area contributed by atoms with Crippen LogP contribution in [0.15, 0.2) is 12.2 Å². The number of unbranched alkanes of at least 4 members (excludes halogenated alkanes) is 47. The maximum Gasteiger partial charge on any atom is 0.249 e. The van der Waals surface area contributed by atoms with Crippen molar-refractivity contribution < 1.29 is 25.2 Å². The number of aliphatic hydroxyl groups is 4. The summed E-state index contributed by atoms with van der Waals surface area (Å²) in [5, 5.41) is 44.1. The Morgan fingerprint density at radius 1 is 0.353 bits per heavy atom. The van der Waals surface area contributed by atoms with Crippen LogP contribution in [0.2, 0.25) is 0 Å². The van der Waals surface area contributed by atoms with Crippen molar-refractivity contribution in [3.8, 4) is 0 Å². The van der Waals surface area contributed by atoms with Crippen LogP contribution < -0.4 is 5.32 Å². The lowest BCUT2D eigenvalue weighted by molar-refractivity contribution is -0.132. The summed E-state index contributed by atoms with van der Waals surface area (Å²) in [4.78, 5) is 12.6. The molecule has 4 atom stereocenters. The molecule has 5 N–H and O–H groups in total.